The van der Waals surface area contributed by atoms with Gasteiger partial charge in [-0.1, -0.05) is 42.5 Å². The van der Waals surface area contributed by atoms with Gasteiger partial charge in [-0.3, -0.25) is 5.43 Å². The minimum atomic E-state index is -0.217. The lowest BCUT2D eigenvalue weighted by atomic mass is 10.1. The highest BCUT2D eigenvalue weighted by Gasteiger charge is 2.07. The van der Waals surface area contributed by atoms with Crippen molar-refractivity contribution in [3.8, 4) is 12.1 Å². The van der Waals surface area contributed by atoms with E-state index in [1.54, 1.807) is 12.1 Å². The quantitative estimate of drug-likeness (QED) is 0.649. The van der Waals surface area contributed by atoms with Gasteiger partial charge in [0.2, 0.25) is 5.71 Å². The maximum absolute atomic E-state index is 8.71. The van der Waals surface area contributed by atoms with Gasteiger partial charge in [0.25, 0.3) is 0 Å². The second kappa shape index (κ2) is 7.47. The Kier molecular flexibility index (Phi) is 5.12. The number of nitrogens with zero attached hydrogens (tertiary/aromatic N) is 3. The molecule has 0 aliphatic heterocycles. The Balaban J connectivity index is 2.17. The molecule has 0 radical (unpaired) electrons. The van der Waals surface area contributed by atoms with Crippen LogP contribution in [-0.2, 0) is 0 Å². The highest BCUT2D eigenvalue weighted by molar-refractivity contribution is 6.10. The molecule has 2 rings (SSSR count). The first kappa shape index (κ1) is 15.1. The summed E-state index contributed by atoms with van der Waals surface area (Å²) in [5.74, 6) is 0. The number of hydrazone groups is 1. The highest BCUT2D eigenvalue weighted by atomic mass is 15.3. The first-order valence-corrected chi connectivity index (χ1v) is 6.79. The van der Waals surface area contributed by atoms with Crippen LogP contribution in [-0.4, -0.2) is 5.71 Å². The van der Waals surface area contributed by atoms with Crippen molar-refractivity contribution in [2.24, 2.45) is 5.10 Å². The summed E-state index contributed by atoms with van der Waals surface area (Å²) in [6.45, 7) is 2.06. The second-order valence-electron chi connectivity index (χ2n) is 4.62. The van der Waals surface area contributed by atoms with Gasteiger partial charge in [-0.2, -0.15) is 15.6 Å². The predicted octanol–water partition coefficient (Wildman–Crippen LogP) is 3.67. The van der Waals surface area contributed by atoms with Gasteiger partial charge in [0, 0.05) is 6.04 Å². The largest absolute Gasteiger partial charge is 0.377 e. The van der Waals surface area contributed by atoms with E-state index in [1.807, 2.05) is 42.5 Å². The Morgan fingerprint density at radius 1 is 0.955 bits per heavy atom. The van der Waals surface area contributed by atoms with Gasteiger partial charge in [-0.05, 0) is 24.6 Å². The standard InChI is InChI=1S/C17H15N5/c1-13(14-7-3-2-4-8-14)20-16-9-5-6-10-17(16)22-21-15(11-18)12-19/h2-10,13,20,22H,1H3. The fraction of sp³-hybridized carbons (Fsp3) is 0.118. The van der Waals surface area contributed by atoms with Crippen molar-refractivity contribution in [1.29, 1.82) is 10.5 Å². The van der Waals surface area contributed by atoms with Crippen LogP contribution in [0.25, 0.3) is 0 Å². The van der Waals surface area contributed by atoms with Crippen LogP contribution in [0.3, 0.4) is 0 Å². The molecule has 0 bridgehead atoms. The summed E-state index contributed by atoms with van der Waals surface area (Å²) < 4.78 is 0. The molecule has 0 spiro atoms. The number of anilines is 2. The van der Waals surface area contributed by atoms with Gasteiger partial charge in [0.05, 0.1) is 11.4 Å². The highest BCUT2D eigenvalue weighted by Crippen LogP contribution is 2.26. The maximum atomic E-state index is 8.71. The molecule has 1 atom stereocenters. The zero-order valence-electron chi connectivity index (χ0n) is 12.1. The van der Waals surface area contributed by atoms with Gasteiger partial charge in [0.1, 0.15) is 12.1 Å². The topological polar surface area (TPSA) is 84.0 Å². The van der Waals surface area contributed by atoms with Gasteiger partial charge >= 0.3 is 0 Å². The summed E-state index contributed by atoms with van der Waals surface area (Å²) in [4.78, 5) is 0. The molecule has 22 heavy (non-hydrogen) atoms. The van der Waals surface area contributed by atoms with Gasteiger partial charge in [0.15, 0.2) is 0 Å². The van der Waals surface area contributed by atoms with Crippen LogP contribution in [0.2, 0.25) is 0 Å². The lowest BCUT2D eigenvalue weighted by Gasteiger charge is -2.18. The van der Waals surface area contributed by atoms with Gasteiger partial charge < -0.3 is 5.32 Å². The lowest BCUT2D eigenvalue weighted by Crippen LogP contribution is -2.08. The van der Waals surface area contributed by atoms with E-state index in [4.69, 9.17) is 10.5 Å². The molecule has 5 heteroatoms. The molecule has 0 heterocycles. The van der Waals surface area contributed by atoms with Crippen molar-refractivity contribution in [1.82, 2.24) is 0 Å². The van der Waals surface area contributed by atoms with Crippen LogP contribution in [0, 0.1) is 22.7 Å². The smallest absolute Gasteiger partial charge is 0.237 e. The number of nitriles is 2. The summed E-state index contributed by atoms with van der Waals surface area (Å²) in [5.41, 5.74) is 5.25. The zero-order chi connectivity index (χ0) is 15.8. The van der Waals surface area contributed by atoms with Crippen LogP contribution in [0.1, 0.15) is 18.5 Å². The maximum Gasteiger partial charge on any atom is 0.237 e. The molecule has 0 saturated carbocycles. The van der Waals surface area contributed by atoms with Crippen molar-refractivity contribution >= 4 is 17.1 Å². The Bertz CT molecular complexity index is 722. The normalized spacial score (nSPS) is 10.7. The van der Waals surface area contributed by atoms with E-state index in [1.165, 1.54) is 0 Å². The van der Waals surface area contributed by atoms with E-state index >= 15 is 0 Å². The summed E-state index contributed by atoms with van der Waals surface area (Å²) >= 11 is 0. The van der Waals surface area contributed by atoms with Crippen molar-refractivity contribution in [2.45, 2.75) is 13.0 Å². The molecule has 0 aliphatic rings. The Morgan fingerprint density at radius 3 is 2.18 bits per heavy atom. The molecule has 0 aromatic heterocycles. The van der Waals surface area contributed by atoms with Crippen molar-refractivity contribution in [3.63, 3.8) is 0 Å². The van der Waals surface area contributed by atoms with E-state index in [2.05, 4.69) is 34.9 Å². The van der Waals surface area contributed by atoms with E-state index in [9.17, 15) is 0 Å². The van der Waals surface area contributed by atoms with Crippen LogP contribution < -0.4 is 10.7 Å². The molecule has 1 unspecified atom stereocenters. The predicted molar refractivity (Wildman–Crippen MR) is 87.2 cm³/mol. The summed E-state index contributed by atoms with van der Waals surface area (Å²) in [5, 5.41) is 24.6. The van der Waals surface area contributed by atoms with Crippen molar-refractivity contribution < 1.29 is 0 Å². The molecule has 2 aromatic rings. The Hall–Kier alpha value is -3.31. The second-order valence-corrected chi connectivity index (χ2v) is 4.62. The molecule has 0 fully saturated rings. The van der Waals surface area contributed by atoms with Crippen LogP contribution in [0.15, 0.2) is 59.7 Å². The van der Waals surface area contributed by atoms with E-state index in [0.717, 1.165) is 11.3 Å². The summed E-state index contributed by atoms with van der Waals surface area (Å²) in [6.07, 6.45) is 0. The zero-order valence-corrected chi connectivity index (χ0v) is 12.1. The van der Waals surface area contributed by atoms with Crippen LogP contribution >= 0.6 is 0 Å². The third-order valence-corrected chi connectivity index (χ3v) is 3.10. The van der Waals surface area contributed by atoms with Gasteiger partial charge in [-0.25, -0.2) is 0 Å². The van der Waals surface area contributed by atoms with Gasteiger partial charge in [-0.15, -0.1) is 0 Å². The molecule has 2 N–H and O–H groups in total. The summed E-state index contributed by atoms with van der Waals surface area (Å²) in [6, 6.07) is 21.1. The van der Waals surface area contributed by atoms with Crippen LogP contribution in [0.4, 0.5) is 11.4 Å². The number of para-hydroxylation sites is 2. The third-order valence-electron chi connectivity index (χ3n) is 3.10. The first-order chi connectivity index (χ1) is 10.7. The number of rotatable bonds is 5. The summed E-state index contributed by atoms with van der Waals surface area (Å²) in [7, 11) is 0. The molecule has 108 valence electrons. The fourth-order valence-electron chi connectivity index (χ4n) is 1.96. The monoisotopic (exact) mass is 289 g/mol. The SMILES string of the molecule is CC(Nc1ccccc1NN=C(C#N)C#N)c1ccccc1. The average molecular weight is 289 g/mol. The minimum absolute atomic E-state index is 0.111. The van der Waals surface area contributed by atoms with Crippen LogP contribution in [0.5, 0.6) is 0 Å². The number of nitrogens with one attached hydrogen (secondary N) is 2. The van der Waals surface area contributed by atoms with E-state index in [-0.39, 0.29) is 11.8 Å². The average Bonchev–Trinajstić information content (AvgIpc) is 2.58. The molecule has 0 saturated heterocycles. The molecular formula is C17H15N5. The Labute approximate surface area is 129 Å². The number of hydrogen-bond acceptors (Lipinski definition) is 5. The molecule has 5 nitrogen and oxygen atoms in total. The first-order valence-electron chi connectivity index (χ1n) is 6.79. The number of benzene rings is 2. The minimum Gasteiger partial charge on any atom is -0.377 e. The molecular weight excluding hydrogens is 274 g/mol. The molecule has 2 aromatic carbocycles. The lowest BCUT2D eigenvalue weighted by molar-refractivity contribution is 0.885. The third kappa shape index (κ3) is 3.84. The van der Waals surface area contributed by atoms with E-state index in [0.29, 0.717) is 5.69 Å². The molecule has 0 amide bonds. The fourth-order valence-corrected chi connectivity index (χ4v) is 1.96. The van der Waals surface area contributed by atoms with Crippen molar-refractivity contribution in [3.05, 3.63) is 60.2 Å². The van der Waals surface area contributed by atoms with Crippen molar-refractivity contribution in [2.75, 3.05) is 10.7 Å². The molecule has 0 aliphatic carbocycles. The number of hydrogen-bond donors (Lipinski definition) is 2. The Morgan fingerprint density at radius 2 is 1.55 bits per heavy atom. The van der Waals surface area contributed by atoms with E-state index < -0.39 is 0 Å².